The lowest BCUT2D eigenvalue weighted by molar-refractivity contribution is 0.686. The van der Waals surface area contributed by atoms with Gasteiger partial charge in [0.25, 0.3) is 0 Å². The molecule has 142 valence electrons. The average Bonchev–Trinajstić information content (AvgIpc) is 2.73. The van der Waals surface area contributed by atoms with Crippen LogP contribution in [0.4, 0.5) is 5.69 Å². The first-order chi connectivity index (χ1) is 14.1. The van der Waals surface area contributed by atoms with Crippen molar-refractivity contribution in [3.05, 3.63) is 106 Å². The molecule has 0 fully saturated rings. The molecule has 0 spiro atoms. The highest BCUT2D eigenvalue weighted by Crippen LogP contribution is 2.29. The van der Waals surface area contributed by atoms with Crippen LogP contribution < -0.4 is 4.72 Å². The quantitative estimate of drug-likeness (QED) is 0.357. The van der Waals surface area contributed by atoms with E-state index in [1.54, 1.807) is 18.2 Å². The predicted molar refractivity (Wildman–Crippen MR) is 123 cm³/mol. The lowest BCUT2D eigenvalue weighted by atomic mass is 10.0. The molecule has 0 aromatic heterocycles. The van der Waals surface area contributed by atoms with E-state index in [1.165, 1.54) is 0 Å². The van der Waals surface area contributed by atoms with Gasteiger partial charge in [0.15, 0.2) is 0 Å². The highest BCUT2D eigenvalue weighted by atomic mass is 35.5. The molecule has 1 N–H and O–H groups in total. The van der Waals surface area contributed by atoms with Crippen molar-refractivity contribution in [3.63, 3.8) is 0 Å². The summed E-state index contributed by atoms with van der Waals surface area (Å²) in [6.45, 7) is 0. The van der Waals surface area contributed by atoms with E-state index in [1.807, 2.05) is 66.7 Å². The second kappa shape index (κ2) is 8.71. The second-order valence-electron chi connectivity index (χ2n) is 6.30. The molecule has 0 radical (unpaired) electrons. The molecule has 29 heavy (non-hydrogen) atoms. The monoisotopic (exact) mass is 435 g/mol. The number of anilines is 1. The smallest absolute Gasteiger partial charge is 0.150 e. The van der Waals surface area contributed by atoms with Crippen molar-refractivity contribution in [3.8, 4) is 11.8 Å². The van der Waals surface area contributed by atoms with Gasteiger partial charge in [-0.2, -0.15) is 0 Å². The molecule has 4 aromatic rings. The van der Waals surface area contributed by atoms with Crippen molar-refractivity contribution in [2.45, 2.75) is 4.90 Å². The average molecular weight is 436 g/mol. The predicted octanol–water partition coefficient (Wildman–Crippen LogP) is 6.68. The molecule has 0 heterocycles. The van der Waals surface area contributed by atoms with Crippen LogP contribution >= 0.6 is 23.2 Å². The van der Waals surface area contributed by atoms with Crippen LogP contribution in [0.3, 0.4) is 0 Å². The fourth-order valence-electron chi connectivity index (χ4n) is 2.93. The van der Waals surface area contributed by atoms with Gasteiger partial charge in [-0.15, -0.1) is 0 Å². The molecule has 0 aliphatic rings. The molecular weight excluding hydrogens is 421 g/mol. The van der Waals surface area contributed by atoms with E-state index in [9.17, 15) is 4.21 Å². The molecule has 0 saturated carbocycles. The number of hydrogen-bond acceptors (Lipinski definition) is 1. The van der Waals surface area contributed by atoms with Gasteiger partial charge in [0.05, 0.1) is 10.6 Å². The van der Waals surface area contributed by atoms with Gasteiger partial charge in [-0.25, -0.2) is 4.21 Å². The molecule has 4 rings (SSSR count). The summed E-state index contributed by atoms with van der Waals surface area (Å²) in [6.07, 6.45) is 0. The summed E-state index contributed by atoms with van der Waals surface area (Å²) < 4.78 is 16.1. The van der Waals surface area contributed by atoms with Crippen molar-refractivity contribution in [2.75, 3.05) is 4.72 Å². The topological polar surface area (TPSA) is 29.1 Å². The van der Waals surface area contributed by atoms with Crippen LogP contribution in [0, 0.1) is 11.8 Å². The Hall–Kier alpha value is -2.77. The van der Waals surface area contributed by atoms with Crippen molar-refractivity contribution >= 4 is 50.6 Å². The Labute approximate surface area is 182 Å². The molecule has 0 amide bonds. The van der Waals surface area contributed by atoms with Gasteiger partial charge >= 0.3 is 0 Å². The highest BCUT2D eigenvalue weighted by Gasteiger charge is 2.12. The third-order valence-corrected chi connectivity index (χ3v) is 5.78. The van der Waals surface area contributed by atoms with Crippen LogP contribution in [0.2, 0.25) is 10.0 Å². The molecule has 0 aliphatic carbocycles. The Morgan fingerprint density at radius 3 is 2.21 bits per heavy atom. The lowest BCUT2D eigenvalue weighted by Gasteiger charge is -2.12. The molecule has 1 unspecified atom stereocenters. The molecular formula is C24H15Cl2NOS. The first-order valence-corrected chi connectivity index (χ1v) is 10.7. The van der Waals surface area contributed by atoms with E-state index in [-0.39, 0.29) is 0 Å². The number of hydrogen-bond donors (Lipinski definition) is 1. The highest BCUT2D eigenvalue weighted by molar-refractivity contribution is 7.86. The molecule has 4 aromatic carbocycles. The van der Waals surface area contributed by atoms with Crippen LogP contribution in [-0.2, 0) is 11.0 Å². The minimum absolute atomic E-state index is 0.435. The van der Waals surface area contributed by atoms with Gasteiger partial charge < -0.3 is 0 Å². The minimum Gasteiger partial charge on any atom is -0.299 e. The zero-order chi connectivity index (χ0) is 20.2. The number of halogens is 2. The maximum absolute atomic E-state index is 13.0. The van der Waals surface area contributed by atoms with Crippen LogP contribution in [0.1, 0.15) is 11.1 Å². The van der Waals surface area contributed by atoms with E-state index < -0.39 is 11.0 Å². The number of fused-ring (bicyclic) bond motifs is 1. The summed E-state index contributed by atoms with van der Waals surface area (Å²) in [5, 5.41) is 2.84. The third kappa shape index (κ3) is 4.63. The maximum Gasteiger partial charge on any atom is 0.150 e. The van der Waals surface area contributed by atoms with Crippen molar-refractivity contribution in [1.82, 2.24) is 0 Å². The van der Waals surface area contributed by atoms with Gasteiger partial charge in [0.2, 0.25) is 0 Å². The van der Waals surface area contributed by atoms with Crippen molar-refractivity contribution in [2.24, 2.45) is 0 Å². The molecule has 5 heteroatoms. The molecule has 0 bridgehead atoms. The summed E-state index contributed by atoms with van der Waals surface area (Å²) in [5.74, 6) is 6.37. The number of rotatable bonds is 3. The maximum atomic E-state index is 13.0. The fourth-order valence-corrected chi connectivity index (χ4v) is 4.58. The minimum atomic E-state index is -1.56. The number of nitrogens with one attached hydrogen (secondary N) is 1. The van der Waals surface area contributed by atoms with Crippen molar-refractivity contribution < 1.29 is 4.21 Å². The standard InChI is InChI=1S/C24H15Cl2NOS/c25-20-14-21(26)16-22(15-20)29(28)27-24-19(11-10-17-6-2-1-3-7-17)13-12-18-8-4-5-9-23(18)24/h1-9,12-16,27H. The largest absolute Gasteiger partial charge is 0.299 e. The first kappa shape index (κ1) is 19.5. The van der Waals surface area contributed by atoms with E-state index >= 15 is 0 Å². The SMILES string of the molecule is O=S(Nc1c(C#Cc2ccccc2)ccc2ccccc12)c1cc(Cl)cc(Cl)c1. The fraction of sp³-hybridized carbons (Fsp3) is 0. The van der Waals surface area contributed by atoms with Crippen LogP contribution in [0.5, 0.6) is 0 Å². The summed E-state index contributed by atoms with van der Waals surface area (Å²) in [5.41, 5.74) is 2.38. The molecule has 0 aliphatic heterocycles. The normalized spacial score (nSPS) is 11.5. The van der Waals surface area contributed by atoms with Gasteiger partial charge in [-0.05, 0) is 41.8 Å². The first-order valence-electron chi connectivity index (χ1n) is 8.83. The van der Waals surface area contributed by atoms with Crippen molar-refractivity contribution in [1.29, 1.82) is 0 Å². The Balaban J connectivity index is 1.79. The van der Waals surface area contributed by atoms with E-state index in [0.29, 0.717) is 20.6 Å². The van der Waals surface area contributed by atoms with Crippen LogP contribution in [-0.4, -0.2) is 4.21 Å². The lowest BCUT2D eigenvalue weighted by Crippen LogP contribution is -2.07. The van der Waals surface area contributed by atoms with Gasteiger partial charge in [0.1, 0.15) is 11.0 Å². The molecule has 1 atom stereocenters. The summed E-state index contributed by atoms with van der Waals surface area (Å²) in [4.78, 5) is 0.498. The summed E-state index contributed by atoms with van der Waals surface area (Å²) in [6, 6.07) is 26.5. The number of benzene rings is 4. The van der Waals surface area contributed by atoms with Crippen LogP contribution in [0.25, 0.3) is 10.8 Å². The second-order valence-corrected chi connectivity index (χ2v) is 8.39. The van der Waals surface area contributed by atoms with Gasteiger partial charge in [-0.1, -0.05) is 83.6 Å². The Bertz CT molecular complexity index is 1260. The third-order valence-electron chi connectivity index (χ3n) is 4.29. The Kier molecular flexibility index (Phi) is 5.87. The van der Waals surface area contributed by atoms with E-state index in [4.69, 9.17) is 23.2 Å². The Morgan fingerprint density at radius 2 is 1.45 bits per heavy atom. The van der Waals surface area contributed by atoms with Gasteiger partial charge in [-0.3, -0.25) is 4.72 Å². The zero-order valence-corrected chi connectivity index (χ0v) is 17.5. The van der Waals surface area contributed by atoms with Crippen LogP contribution in [0.15, 0.2) is 89.8 Å². The van der Waals surface area contributed by atoms with E-state index in [0.717, 1.165) is 21.9 Å². The Morgan fingerprint density at radius 1 is 0.759 bits per heavy atom. The summed E-state index contributed by atoms with van der Waals surface area (Å²) in [7, 11) is -1.56. The van der Waals surface area contributed by atoms with E-state index in [2.05, 4.69) is 16.6 Å². The zero-order valence-electron chi connectivity index (χ0n) is 15.2. The molecule has 2 nitrogen and oxygen atoms in total. The molecule has 0 saturated heterocycles. The van der Waals surface area contributed by atoms with Gasteiger partial charge in [0, 0.05) is 26.6 Å². The summed E-state index contributed by atoms with van der Waals surface area (Å²) >= 11 is 12.1.